The molecule has 104 valence electrons. The normalized spacial score (nSPS) is 10.9. The molecule has 0 saturated carbocycles. The third-order valence-corrected chi connectivity index (χ3v) is 2.38. The Morgan fingerprint density at radius 3 is 2.67 bits per heavy atom. The van der Waals surface area contributed by atoms with Crippen LogP contribution in [0.1, 0.15) is 25.3 Å². The number of nitrogens with zero attached hydrogens (tertiary/aromatic N) is 3. The van der Waals surface area contributed by atoms with Crippen molar-refractivity contribution in [3.05, 3.63) is 18.0 Å². The molecule has 0 bridgehead atoms. The van der Waals surface area contributed by atoms with E-state index in [2.05, 4.69) is 40.8 Å². The van der Waals surface area contributed by atoms with Gasteiger partial charge in [-0.3, -0.25) is 9.67 Å². The maximum Gasteiger partial charge on any atom is 0.190 e. The highest BCUT2D eigenvalue weighted by atomic mass is 127. The van der Waals surface area contributed by atoms with Crippen LogP contribution in [0, 0.1) is 6.92 Å². The molecule has 0 spiro atoms. The van der Waals surface area contributed by atoms with Crippen molar-refractivity contribution in [2.75, 3.05) is 20.1 Å². The van der Waals surface area contributed by atoms with Crippen LogP contribution in [-0.2, 0) is 6.54 Å². The molecule has 0 aliphatic heterocycles. The predicted octanol–water partition coefficient (Wildman–Crippen LogP) is 1.77. The second kappa shape index (κ2) is 10.2. The number of aromatic nitrogens is 2. The number of rotatable bonds is 6. The van der Waals surface area contributed by atoms with Crippen molar-refractivity contribution < 1.29 is 0 Å². The molecule has 1 rings (SSSR count). The van der Waals surface area contributed by atoms with Crippen molar-refractivity contribution >= 4 is 29.9 Å². The molecule has 1 heterocycles. The summed E-state index contributed by atoms with van der Waals surface area (Å²) in [5, 5.41) is 10.8. The van der Waals surface area contributed by atoms with E-state index in [0.717, 1.165) is 38.4 Å². The molecule has 0 saturated heterocycles. The van der Waals surface area contributed by atoms with E-state index in [4.69, 9.17) is 0 Å². The van der Waals surface area contributed by atoms with Gasteiger partial charge in [0.25, 0.3) is 0 Å². The molecule has 0 aromatic carbocycles. The molecular weight excluding hydrogens is 341 g/mol. The lowest BCUT2D eigenvalue weighted by Gasteiger charge is -2.10. The van der Waals surface area contributed by atoms with Gasteiger partial charge in [-0.25, -0.2) is 0 Å². The van der Waals surface area contributed by atoms with Gasteiger partial charge in [0.05, 0.1) is 6.20 Å². The van der Waals surface area contributed by atoms with Crippen LogP contribution in [0.4, 0.5) is 0 Å². The van der Waals surface area contributed by atoms with Gasteiger partial charge < -0.3 is 10.6 Å². The molecule has 6 heteroatoms. The highest BCUT2D eigenvalue weighted by molar-refractivity contribution is 14.0. The van der Waals surface area contributed by atoms with Gasteiger partial charge in [0.1, 0.15) is 0 Å². The molecule has 0 radical (unpaired) electrons. The van der Waals surface area contributed by atoms with Gasteiger partial charge in [-0.2, -0.15) is 5.10 Å². The van der Waals surface area contributed by atoms with E-state index in [-0.39, 0.29) is 24.0 Å². The molecule has 0 aliphatic rings. The van der Waals surface area contributed by atoms with Gasteiger partial charge >= 0.3 is 0 Å². The predicted molar refractivity (Wildman–Crippen MR) is 86.7 cm³/mol. The fourth-order valence-corrected chi connectivity index (χ4v) is 1.50. The van der Waals surface area contributed by atoms with Gasteiger partial charge in [0.15, 0.2) is 5.96 Å². The van der Waals surface area contributed by atoms with Gasteiger partial charge in [-0.05, 0) is 25.3 Å². The third-order valence-electron chi connectivity index (χ3n) is 2.38. The van der Waals surface area contributed by atoms with Crippen molar-refractivity contribution in [1.29, 1.82) is 0 Å². The van der Waals surface area contributed by atoms with Crippen LogP contribution < -0.4 is 10.6 Å². The van der Waals surface area contributed by atoms with Crippen molar-refractivity contribution in [3.8, 4) is 0 Å². The van der Waals surface area contributed by atoms with Crippen LogP contribution in [0.2, 0.25) is 0 Å². The van der Waals surface area contributed by atoms with Gasteiger partial charge in [-0.15, -0.1) is 24.0 Å². The average Bonchev–Trinajstić information content (AvgIpc) is 2.74. The summed E-state index contributed by atoms with van der Waals surface area (Å²) < 4.78 is 1.97. The van der Waals surface area contributed by atoms with E-state index in [1.165, 1.54) is 5.56 Å². The number of nitrogens with one attached hydrogen (secondary N) is 2. The van der Waals surface area contributed by atoms with E-state index in [1.54, 1.807) is 7.05 Å². The fourth-order valence-electron chi connectivity index (χ4n) is 1.50. The third kappa shape index (κ3) is 6.83. The summed E-state index contributed by atoms with van der Waals surface area (Å²) in [6, 6.07) is 0. The highest BCUT2D eigenvalue weighted by Gasteiger charge is 1.96. The molecule has 0 unspecified atom stereocenters. The zero-order valence-electron chi connectivity index (χ0n) is 11.4. The minimum absolute atomic E-state index is 0. The number of halogens is 1. The molecule has 0 atom stereocenters. The van der Waals surface area contributed by atoms with E-state index >= 15 is 0 Å². The van der Waals surface area contributed by atoms with E-state index in [9.17, 15) is 0 Å². The summed E-state index contributed by atoms with van der Waals surface area (Å²) in [4.78, 5) is 4.15. The largest absolute Gasteiger partial charge is 0.356 e. The Kier molecular flexibility index (Phi) is 9.72. The van der Waals surface area contributed by atoms with Crippen LogP contribution in [0.3, 0.4) is 0 Å². The fraction of sp³-hybridized carbons (Fsp3) is 0.667. The van der Waals surface area contributed by atoms with Crippen LogP contribution in [0.15, 0.2) is 17.4 Å². The quantitative estimate of drug-likeness (QED) is 0.350. The van der Waals surface area contributed by atoms with Crippen LogP contribution >= 0.6 is 24.0 Å². The molecule has 18 heavy (non-hydrogen) atoms. The maximum absolute atomic E-state index is 4.25. The molecule has 1 aromatic heterocycles. The second-order valence-corrected chi connectivity index (χ2v) is 4.06. The van der Waals surface area contributed by atoms with Crippen molar-refractivity contribution in [3.63, 3.8) is 0 Å². The first-order valence-electron chi connectivity index (χ1n) is 6.20. The first-order chi connectivity index (χ1) is 8.26. The highest BCUT2D eigenvalue weighted by Crippen LogP contribution is 1.95. The maximum atomic E-state index is 4.25. The molecule has 0 fully saturated rings. The lowest BCUT2D eigenvalue weighted by atomic mass is 10.4. The molecule has 1 aromatic rings. The number of aliphatic imine (C=N–C) groups is 1. The van der Waals surface area contributed by atoms with Crippen molar-refractivity contribution in [2.24, 2.45) is 4.99 Å². The smallest absolute Gasteiger partial charge is 0.190 e. The summed E-state index contributed by atoms with van der Waals surface area (Å²) >= 11 is 0. The Labute approximate surface area is 126 Å². The van der Waals surface area contributed by atoms with Crippen LogP contribution in [0.5, 0.6) is 0 Å². The zero-order chi connectivity index (χ0) is 12.5. The number of hydrogen-bond donors (Lipinski definition) is 2. The minimum Gasteiger partial charge on any atom is -0.356 e. The Hall–Kier alpha value is -0.790. The standard InChI is InChI=1S/C12H23N5.HI/c1-4-6-14-12(13-3)15-7-5-8-17-10-11(2)9-16-17;/h9-10H,4-8H2,1-3H3,(H2,13,14,15);1H. The molecule has 5 nitrogen and oxygen atoms in total. The zero-order valence-corrected chi connectivity index (χ0v) is 13.8. The number of hydrogen-bond acceptors (Lipinski definition) is 2. The van der Waals surface area contributed by atoms with E-state index in [1.807, 2.05) is 10.9 Å². The van der Waals surface area contributed by atoms with Crippen molar-refractivity contribution in [2.45, 2.75) is 33.2 Å². The Bertz CT molecular complexity index is 348. The first kappa shape index (κ1) is 17.2. The first-order valence-corrected chi connectivity index (χ1v) is 6.20. The van der Waals surface area contributed by atoms with Gasteiger partial charge in [0, 0.05) is 32.9 Å². The number of aryl methyl sites for hydroxylation is 2. The summed E-state index contributed by atoms with van der Waals surface area (Å²) in [6.07, 6.45) is 6.08. The molecule has 2 N–H and O–H groups in total. The summed E-state index contributed by atoms with van der Waals surface area (Å²) in [7, 11) is 1.79. The molecular formula is C12H24IN5. The Morgan fingerprint density at radius 2 is 2.11 bits per heavy atom. The SMILES string of the molecule is CCCNC(=NC)NCCCn1cc(C)cn1.I. The Balaban J connectivity index is 0.00000289. The lowest BCUT2D eigenvalue weighted by molar-refractivity contribution is 0.570. The summed E-state index contributed by atoms with van der Waals surface area (Å²) in [5.41, 5.74) is 1.21. The van der Waals surface area contributed by atoms with Crippen LogP contribution in [-0.4, -0.2) is 35.9 Å². The van der Waals surface area contributed by atoms with Crippen LogP contribution in [0.25, 0.3) is 0 Å². The van der Waals surface area contributed by atoms with Gasteiger partial charge in [-0.1, -0.05) is 6.92 Å². The Morgan fingerprint density at radius 1 is 1.39 bits per heavy atom. The lowest BCUT2D eigenvalue weighted by Crippen LogP contribution is -2.38. The summed E-state index contributed by atoms with van der Waals surface area (Å²) in [5.74, 6) is 0.878. The second-order valence-electron chi connectivity index (χ2n) is 4.06. The monoisotopic (exact) mass is 365 g/mol. The van der Waals surface area contributed by atoms with E-state index in [0.29, 0.717) is 0 Å². The molecule has 0 aliphatic carbocycles. The minimum atomic E-state index is 0. The number of guanidine groups is 1. The van der Waals surface area contributed by atoms with Crippen molar-refractivity contribution in [1.82, 2.24) is 20.4 Å². The average molecular weight is 365 g/mol. The van der Waals surface area contributed by atoms with Gasteiger partial charge in [0.2, 0.25) is 0 Å². The summed E-state index contributed by atoms with van der Waals surface area (Å²) in [6.45, 7) is 6.99. The molecule has 0 amide bonds. The van der Waals surface area contributed by atoms with E-state index < -0.39 is 0 Å². The topological polar surface area (TPSA) is 54.2 Å².